The quantitative estimate of drug-likeness (QED) is 0.592. The van der Waals surface area contributed by atoms with Crippen molar-refractivity contribution in [2.75, 3.05) is 20.3 Å². The Morgan fingerprint density at radius 2 is 2.12 bits per heavy atom. The Kier molecular flexibility index (Phi) is 3.58. The molecule has 1 aliphatic rings. The molecule has 1 unspecified atom stereocenters. The van der Waals surface area contributed by atoms with E-state index in [-0.39, 0.29) is 23.2 Å². The first-order chi connectivity index (χ1) is 8.22. The maximum Gasteiger partial charge on any atom is 0.373 e. The predicted octanol–water partition coefficient (Wildman–Crippen LogP) is 1.68. The smallest absolute Gasteiger partial charge is 0.373 e. The van der Waals surface area contributed by atoms with Gasteiger partial charge in [0, 0.05) is 12.5 Å². The molecule has 1 fully saturated rings. The van der Waals surface area contributed by atoms with E-state index in [1.165, 1.54) is 19.2 Å². The minimum atomic E-state index is -0.580. The number of carbonyl (C=O) groups excluding carboxylic acids is 2. The van der Waals surface area contributed by atoms with E-state index in [9.17, 15) is 9.59 Å². The van der Waals surface area contributed by atoms with E-state index in [0.717, 1.165) is 12.8 Å². The second-order valence-corrected chi connectivity index (χ2v) is 3.93. The van der Waals surface area contributed by atoms with Gasteiger partial charge in [-0.2, -0.15) is 0 Å². The van der Waals surface area contributed by atoms with Crippen molar-refractivity contribution in [3.63, 3.8) is 0 Å². The fourth-order valence-corrected chi connectivity index (χ4v) is 1.83. The van der Waals surface area contributed by atoms with E-state index in [1.807, 2.05) is 0 Å². The number of ether oxygens (including phenoxy) is 2. The predicted molar refractivity (Wildman–Crippen MR) is 57.9 cm³/mol. The highest BCUT2D eigenvalue weighted by Crippen LogP contribution is 2.20. The van der Waals surface area contributed by atoms with Gasteiger partial charge in [-0.15, -0.1) is 0 Å². The summed E-state index contributed by atoms with van der Waals surface area (Å²) in [4.78, 5) is 23.2. The number of hydrogen-bond donors (Lipinski definition) is 0. The summed E-state index contributed by atoms with van der Waals surface area (Å²) in [6.07, 6.45) is 1.67. The van der Waals surface area contributed by atoms with Crippen molar-refractivity contribution >= 4 is 11.8 Å². The Morgan fingerprint density at radius 3 is 2.76 bits per heavy atom. The average Bonchev–Trinajstić information content (AvgIpc) is 2.87. The van der Waals surface area contributed by atoms with Gasteiger partial charge in [-0.25, -0.2) is 4.79 Å². The fraction of sp³-hybridized carbons (Fsp3) is 0.500. The summed E-state index contributed by atoms with van der Waals surface area (Å²) in [6.45, 7) is 1.13. The number of furan rings is 1. The number of esters is 1. The Balaban J connectivity index is 2.08. The van der Waals surface area contributed by atoms with Crippen molar-refractivity contribution in [3.8, 4) is 0 Å². The molecule has 5 nitrogen and oxygen atoms in total. The van der Waals surface area contributed by atoms with Crippen molar-refractivity contribution < 1.29 is 23.5 Å². The molecule has 0 aliphatic carbocycles. The number of ketones is 1. The van der Waals surface area contributed by atoms with Crippen LogP contribution in [0, 0.1) is 5.92 Å². The van der Waals surface area contributed by atoms with Crippen LogP contribution in [0.4, 0.5) is 0 Å². The lowest BCUT2D eigenvalue weighted by molar-refractivity contribution is 0.0439. The van der Waals surface area contributed by atoms with Gasteiger partial charge in [0.2, 0.25) is 11.5 Å². The van der Waals surface area contributed by atoms with E-state index in [2.05, 4.69) is 4.74 Å². The zero-order chi connectivity index (χ0) is 12.3. The molecule has 1 atom stereocenters. The molecule has 2 heterocycles. The summed E-state index contributed by atoms with van der Waals surface area (Å²) in [6, 6.07) is 2.95. The van der Waals surface area contributed by atoms with Crippen LogP contribution in [0.2, 0.25) is 0 Å². The first-order valence-corrected chi connectivity index (χ1v) is 5.52. The van der Waals surface area contributed by atoms with Crippen LogP contribution in [0.15, 0.2) is 16.5 Å². The normalized spacial score (nSPS) is 19.9. The van der Waals surface area contributed by atoms with Crippen LogP contribution in [0.3, 0.4) is 0 Å². The third kappa shape index (κ3) is 2.55. The van der Waals surface area contributed by atoms with E-state index >= 15 is 0 Å². The Bertz CT molecular complexity index is 414. The lowest BCUT2D eigenvalue weighted by Gasteiger charge is -2.19. The summed E-state index contributed by atoms with van der Waals surface area (Å²) in [5, 5.41) is 0. The van der Waals surface area contributed by atoms with Crippen molar-refractivity contribution in [3.05, 3.63) is 23.7 Å². The average molecular weight is 238 g/mol. The second-order valence-electron chi connectivity index (χ2n) is 3.93. The van der Waals surface area contributed by atoms with Gasteiger partial charge in [-0.1, -0.05) is 0 Å². The largest absolute Gasteiger partial charge is 0.463 e. The zero-order valence-electron chi connectivity index (χ0n) is 9.60. The van der Waals surface area contributed by atoms with Crippen LogP contribution in [0.25, 0.3) is 0 Å². The van der Waals surface area contributed by atoms with Crippen LogP contribution >= 0.6 is 0 Å². The van der Waals surface area contributed by atoms with E-state index in [4.69, 9.17) is 9.15 Å². The summed E-state index contributed by atoms with van der Waals surface area (Å²) >= 11 is 0. The Labute approximate surface area is 98.7 Å². The lowest BCUT2D eigenvalue weighted by Crippen LogP contribution is -2.25. The van der Waals surface area contributed by atoms with Crippen LogP contribution in [-0.2, 0) is 9.47 Å². The number of methoxy groups -OCH3 is 1. The number of carbonyl (C=O) groups is 2. The first-order valence-electron chi connectivity index (χ1n) is 5.52. The third-order valence-corrected chi connectivity index (χ3v) is 2.77. The Hall–Kier alpha value is -1.62. The molecule has 0 saturated carbocycles. The van der Waals surface area contributed by atoms with Crippen molar-refractivity contribution in [1.29, 1.82) is 0 Å². The molecule has 0 spiro atoms. The molecule has 1 saturated heterocycles. The molecule has 1 aromatic rings. The molecule has 1 aliphatic heterocycles. The van der Waals surface area contributed by atoms with Gasteiger partial charge in [0.1, 0.15) is 0 Å². The van der Waals surface area contributed by atoms with E-state index < -0.39 is 5.97 Å². The molecule has 0 N–H and O–H groups in total. The summed E-state index contributed by atoms with van der Waals surface area (Å²) in [5.41, 5.74) is 0. The molecule has 0 aromatic carbocycles. The molecule has 0 radical (unpaired) electrons. The number of Topliss-reactive ketones (excluding diaryl/α,β-unsaturated/α-hetero) is 1. The van der Waals surface area contributed by atoms with Gasteiger partial charge in [-0.05, 0) is 25.0 Å². The molecule has 92 valence electrons. The number of rotatable bonds is 3. The van der Waals surface area contributed by atoms with Gasteiger partial charge >= 0.3 is 5.97 Å². The zero-order valence-corrected chi connectivity index (χ0v) is 9.60. The summed E-state index contributed by atoms with van der Waals surface area (Å²) in [7, 11) is 1.27. The van der Waals surface area contributed by atoms with Gasteiger partial charge in [0.25, 0.3) is 0 Å². The van der Waals surface area contributed by atoms with Gasteiger partial charge in [0.05, 0.1) is 13.7 Å². The van der Waals surface area contributed by atoms with Gasteiger partial charge in [0.15, 0.2) is 5.76 Å². The molecule has 5 heteroatoms. The highest BCUT2D eigenvalue weighted by atomic mass is 16.5. The van der Waals surface area contributed by atoms with Crippen LogP contribution < -0.4 is 0 Å². The Morgan fingerprint density at radius 1 is 1.35 bits per heavy atom. The second kappa shape index (κ2) is 5.14. The first kappa shape index (κ1) is 11.9. The molecular formula is C12H14O5. The molecule has 17 heavy (non-hydrogen) atoms. The van der Waals surface area contributed by atoms with Crippen LogP contribution in [-0.4, -0.2) is 32.1 Å². The molecular weight excluding hydrogens is 224 g/mol. The van der Waals surface area contributed by atoms with Crippen molar-refractivity contribution in [2.24, 2.45) is 5.92 Å². The third-order valence-electron chi connectivity index (χ3n) is 2.77. The molecule has 2 rings (SSSR count). The highest BCUT2D eigenvalue weighted by molar-refractivity contribution is 5.97. The standard InChI is InChI=1S/C12H14O5/c1-15-12(14)10-5-4-9(17-10)11(13)8-3-2-6-16-7-8/h4-5,8H,2-3,6-7H2,1H3. The van der Waals surface area contributed by atoms with Gasteiger partial charge in [-0.3, -0.25) is 4.79 Å². The molecule has 1 aromatic heterocycles. The van der Waals surface area contributed by atoms with E-state index in [1.54, 1.807) is 0 Å². The van der Waals surface area contributed by atoms with Crippen LogP contribution in [0.5, 0.6) is 0 Å². The van der Waals surface area contributed by atoms with Gasteiger partial charge < -0.3 is 13.9 Å². The monoisotopic (exact) mass is 238 g/mol. The van der Waals surface area contributed by atoms with Crippen molar-refractivity contribution in [2.45, 2.75) is 12.8 Å². The minimum absolute atomic E-state index is 0.0487. The maximum absolute atomic E-state index is 12.0. The number of hydrogen-bond acceptors (Lipinski definition) is 5. The summed E-state index contributed by atoms with van der Waals surface area (Å²) < 4.78 is 14.9. The van der Waals surface area contributed by atoms with Crippen LogP contribution in [0.1, 0.15) is 34.0 Å². The molecule has 0 bridgehead atoms. The maximum atomic E-state index is 12.0. The fourth-order valence-electron chi connectivity index (χ4n) is 1.83. The van der Waals surface area contributed by atoms with Crippen molar-refractivity contribution in [1.82, 2.24) is 0 Å². The summed E-state index contributed by atoms with van der Waals surface area (Å²) in [5.74, 6) is -0.613. The topological polar surface area (TPSA) is 65.7 Å². The highest BCUT2D eigenvalue weighted by Gasteiger charge is 2.26. The SMILES string of the molecule is COC(=O)c1ccc(C(=O)C2CCCOC2)o1. The lowest BCUT2D eigenvalue weighted by atomic mass is 9.96. The van der Waals surface area contributed by atoms with E-state index in [0.29, 0.717) is 13.2 Å². The minimum Gasteiger partial charge on any atom is -0.463 e. The molecule has 0 amide bonds.